The van der Waals surface area contributed by atoms with E-state index in [9.17, 15) is 14.3 Å². The summed E-state index contributed by atoms with van der Waals surface area (Å²) >= 11 is 0. The summed E-state index contributed by atoms with van der Waals surface area (Å²) in [6, 6.07) is 4.07. The van der Waals surface area contributed by atoms with Gasteiger partial charge in [0, 0.05) is 11.6 Å². The van der Waals surface area contributed by atoms with E-state index < -0.39 is 17.9 Å². The number of ether oxygens (including phenoxy) is 2. The molecule has 1 atom stereocenters. The van der Waals surface area contributed by atoms with Crippen LogP contribution in [0.5, 0.6) is 5.75 Å². The normalized spacial score (nSPS) is 12.0. The summed E-state index contributed by atoms with van der Waals surface area (Å²) < 4.78 is 23.5. The summed E-state index contributed by atoms with van der Waals surface area (Å²) in [6.45, 7) is 3.59. The Morgan fingerprint density at radius 3 is 2.79 bits per heavy atom. The molecule has 5 heteroatoms. The molecule has 1 unspecified atom stereocenters. The van der Waals surface area contributed by atoms with E-state index in [4.69, 9.17) is 9.47 Å². The van der Waals surface area contributed by atoms with Gasteiger partial charge in [-0.1, -0.05) is 13.3 Å². The highest BCUT2D eigenvalue weighted by molar-refractivity contribution is 5.71. The fraction of sp³-hybridized carbons (Fsp3) is 0.500. The highest BCUT2D eigenvalue weighted by atomic mass is 19.1. The first-order valence-corrected chi connectivity index (χ1v) is 6.30. The van der Waals surface area contributed by atoms with Crippen LogP contribution in [0.25, 0.3) is 0 Å². The Kier molecular flexibility index (Phi) is 6.29. The predicted molar refractivity (Wildman–Crippen MR) is 68.4 cm³/mol. The maximum Gasteiger partial charge on any atom is 0.344 e. The number of aliphatic hydroxyl groups is 1. The molecule has 4 nitrogen and oxygen atoms in total. The van der Waals surface area contributed by atoms with Crippen molar-refractivity contribution in [3.63, 3.8) is 0 Å². The molecule has 0 saturated heterocycles. The lowest BCUT2D eigenvalue weighted by Crippen LogP contribution is -2.15. The van der Waals surface area contributed by atoms with Gasteiger partial charge in [0.15, 0.2) is 6.61 Å². The Bertz CT molecular complexity index is 418. The minimum absolute atomic E-state index is 0.192. The fourth-order valence-corrected chi connectivity index (χ4v) is 1.45. The van der Waals surface area contributed by atoms with Gasteiger partial charge in [-0.3, -0.25) is 0 Å². The van der Waals surface area contributed by atoms with Gasteiger partial charge < -0.3 is 14.6 Å². The molecule has 1 rings (SSSR count). The maximum atomic E-state index is 13.5. The molecule has 1 aromatic rings. The molecule has 0 aliphatic rings. The molecule has 0 amide bonds. The van der Waals surface area contributed by atoms with Crippen molar-refractivity contribution in [1.82, 2.24) is 0 Å². The highest BCUT2D eigenvalue weighted by Crippen LogP contribution is 2.21. The van der Waals surface area contributed by atoms with Gasteiger partial charge in [-0.25, -0.2) is 9.18 Å². The Labute approximate surface area is 112 Å². The quantitative estimate of drug-likeness (QED) is 0.611. The smallest absolute Gasteiger partial charge is 0.344 e. The Hall–Kier alpha value is -1.62. The first-order chi connectivity index (χ1) is 9.04. The van der Waals surface area contributed by atoms with Gasteiger partial charge in [-0.05, 0) is 25.5 Å². The van der Waals surface area contributed by atoms with Crippen molar-refractivity contribution in [2.24, 2.45) is 0 Å². The monoisotopic (exact) mass is 270 g/mol. The topological polar surface area (TPSA) is 55.8 Å². The first kappa shape index (κ1) is 15.4. The van der Waals surface area contributed by atoms with E-state index in [0.717, 1.165) is 18.9 Å². The molecule has 19 heavy (non-hydrogen) atoms. The van der Waals surface area contributed by atoms with Crippen molar-refractivity contribution in [1.29, 1.82) is 0 Å². The van der Waals surface area contributed by atoms with Crippen LogP contribution in [0.3, 0.4) is 0 Å². The van der Waals surface area contributed by atoms with Crippen LogP contribution in [0.4, 0.5) is 4.39 Å². The average molecular weight is 270 g/mol. The van der Waals surface area contributed by atoms with Crippen molar-refractivity contribution >= 4 is 5.97 Å². The lowest BCUT2D eigenvalue weighted by molar-refractivity contribution is -0.146. The van der Waals surface area contributed by atoms with E-state index >= 15 is 0 Å². The molecule has 0 saturated carbocycles. The van der Waals surface area contributed by atoms with E-state index in [0.29, 0.717) is 6.61 Å². The van der Waals surface area contributed by atoms with Gasteiger partial charge in [-0.2, -0.15) is 0 Å². The van der Waals surface area contributed by atoms with Gasteiger partial charge in [0.2, 0.25) is 0 Å². The molecule has 106 valence electrons. The standard InChI is InChI=1S/C14H19FO4/c1-3-4-7-18-14(17)9-19-11-5-6-12(10(2)16)13(15)8-11/h5-6,8,10,16H,3-4,7,9H2,1-2H3. The molecular weight excluding hydrogens is 251 g/mol. The summed E-state index contributed by atoms with van der Waals surface area (Å²) in [4.78, 5) is 11.3. The molecule has 0 aliphatic heterocycles. The van der Waals surface area contributed by atoms with Crippen LogP contribution in [-0.2, 0) is 9.53 Å². The van der Waals surface area contributed by atoms with Gasteiger partial charge in [0.05, 0.1) is 12.7 Å². The fourth-order valence-electron chi connectivity index (χ4n) is 1.45. The second-order valence-corrected chi connectivity index (χ2v) is 4.22. The number of aliphatic hydroxyl groups excluding tert-OH is 1. The molecule has 0 aliphatic carbocycles. The minimum atomic E-state index is -0.881. The van der Waals surface area contributed by atoms with E-state index in [1.54, 1.807) is 0 Å². The van der Waals surface area contributed by atoms with E-state index in [1.165, 1.54) is 19.1 Å². The Balaban J connectivity index is 2.45. The number of rotatable bonds is 7. The minimum Gasteiger partial charge on any atom is -0.482 e. The number of unbranched alkanes of at least 4 members (excludes halogenated alkanes) is 1. The second kappa shape index (κ2) is 7.74. The van der Waals surface area contributed by atoms with Crippen molar-refractivity contribution < 1.29 is 23.8 Å². The SMILES string of the molecule is CCCCOC(=O)COc1ccc(C(C)O)c(F)c1. The van der Waals surface area contributed by atoms with Crippen LogP contribution >= 0.6 is 0 Å². The Morgan fingerprint density at radius 1 is 1.47 bits per heavy atom. The van der Waals surface area contributed by atoms with Crippen LogP contribution in [-0.4, -0.2) is 24.3 Å². The predicted octanol–water partition coefficient (Wildman–Crippen LogP) is 2.60. The first-order valence-electron chi connectivity index (χ1n) is 6.30. The third kappa shape index (κ3) is 5.26. The molecule has 0 spiro atoms. The average Bonchev–Trinajstić information content (AvgIpc) is 2.36. The van der Waals surface area contributed by atoms with Crippen LogP contribution in [0.15, 0.2) is 18.2 Å². The molecule has 1 N–H and O–H groups in total. The summed E-state index contributed by atoms with van der Waals surface area (Å²) in [6.07, 6.45) is 0.872. The number of benzene rings is 1. The van der Waals surface area contributed by atoms with Crippen molar-refractivity contribution in [3.05, 3.63) is 29.6 Å². The van der Waals surface area contributed by atoms with E-state index in [2.05, 4.69) is 0 Å². The van der Waals surface area contributed by atoms with E-state index in [1.807, 2.05) is 6.92 Å². The van der Waals surface area contributed by atoms with Crippen molar-refractivity contribution in [2.75, 3.05) is 13.2 Å². The summed E-state index contributed by atoms with van der Waals surface area (Å²) in [7, 11) is 0. The zero-order valence-corrected chi connectivity index (χ0v) is 11.2. The summed E-state index contributed by atoms with van der Waals surface area (Å²) in [5.74, 6) is -0.811. The van der Waals surface area contributed by atoms with Gasteiger partial charge in [-0.15, -0.1) is 0 Å². The van der Waals surface area contributed by atoms with Crippen molar-refractivity contribution in [2.45, 2.75) is 32.8 Å². The van der Waals surface area contributed by atoms with E-state index in [-0.39, 0.29) is 17.9 Å². The zero-order valence-electron chi connectivity index (χ0n) is 11.2. The third-order valence-corrected chi connectivity index (χ3v) is 2.54. The largest absolute Gasteiger partial charge is 0.482 e. The third-order valence-electron chi connectivity index (χ3n) is 2.54. The number of hydrogen-bond acceptors (Lipinski definition) is 4. The molecule has 0 aromatic heterocycles. The molecule has 0 heterocycles. The number of esters is 1. The number of halogens is 1. The van der Waals surface area contributed by atoms with Gasteiger partial charge in [0.1, 0.15) is 11.6 Å². The van der Waals surface area contributed by atoms with Gasteiger partial charge >= 0.3 is 5.97 Å². The molecular formula is C14H19FO4. The number of carbonyl (C=O) groups is 1. The maximum absolute atomic E-state index is 13.5. The Morgan fingerprint density at radius 2 is 2.21 bits per heavy atom. The van der Waals surface area contributed by atoms with Crippen LogP contribution < -0.4 is 4.74 Å². The lowest BCUT2D eigenvalue weighted by atomic mass is 10.1. The number of carbonyl (C=O) groups excluding carboxylic acids is 1. The second-order valence-electron chi connectivity index (χ2n) is 4.22. The van der Waals surface area contributed by atoms with Crippen LogP contribution in [0.2, 0.25) is 0 Å². The van der Waals surface area contributed by atoms with Crippen LogP contribution in [0, 0.1) is 5.82 Å². The van der Waals surface area contributed by atoms with Gasteiger partial charge in [0.25, 0.3) is 0 Å². The zero-order chi connectivity index (χ0) is 14.3. The lowest BCUT2D eigenvalue weighted by Gasteiger charge is -2.09. The molecule has 0 fully saturated rings. The summed E-state index contributed by atoms with van der Waals surface area (Å²) in [5, 5.41) is 9.28. The van der Waals surface area contributed by atoms with Crippen LogP contribution in [0.1, 0.15) is 38.4 Å². The molecule has 0 bridgehead atoms. The number of hydrogen-bond donors (Lipinski definition) is 1. The molecule has 1 aromatic carbocycles. The highest BCUT2D eigenvalue weighted by Gasteiger charge is 2.10. The molecule has 0 radical (unpaired) electrons. The summed E-state index contributed by atoms with van der Waals surface area (Å²) in [5.41, 5.74) is 0.192. The van der Waals surface area contributed by atoms with Crippen molar-refractivity contribution in [3.8, 4) is 5.75 Å².